The Morgan fingerprint density at radius 2 is 2.15 bits per heavy atom. The van der Waals surface area contributed by atoms with Gasteiger partial charge in [0, 0.05) is 24.6 Å². The lowest BCUT2D eigenvalue weighted by Crippen LogP contribution is -2.61. The first kappa shape index (κ1) is 13.9. The first-order valence-corrected chi connectivity index (χ1v) is 7.63. The minimum absolute atomic E-state index is 0.198. The fourth-order valence-electron chi connectivity index (χ4n) is 3.78. The van der Waals surface area contributed by atoms with Crippen molar-refractivity contribution in [3.63, 3.8) is 0 Å². The van der Waals surface area contributed by atoms with Crippen LogP contribution in [0, 0.1) is 5.41 Å². The number of hydrogen-bond acceptors (Lipinski definition) is 3. The standard InChI is InChI=1S/C17H25NO2/c1-17(2)15(10-16(17)20-3)18-14-6-4-5-11-9-12(19)7-8-13(11)14/h7-9,14-16,18-19H,4-6,10H2,1-3H3. The molecule has 1 saturated carbocycles. The van der Waals surface area contributed by atoms with Crippen LogP contribution in [0.3, 0.4) is 0 Å². The Morgan fingerprint density at radius 3 is 2.85 bits per heavy atom. The normalized spacial score (nSPS) is 31.4. The van der Waals surface area contributed by atoms with E-state index in [1.807, 2.05) is 12.1 Å². The van der Waals surface area contributed by atoms with Crippen molar-refractivity contribution in [3.05, 3.63) is 29.3 Å². The van der Waals surface area contributed by atoms with Gasteiger partial charge in [0.25, 0.3) is 0 Å². The Morgan fingerprint density at radius 1 is 1.35 bits per heavy atom. The molecule has 2 aliphatic rings. The largest absolute Gasteiger partial charge is 0.508 e. The average Bonchev–Trinajstić information content (AvgIpc) is 2.42. The molecule has 1 fully saturated rings. The molecule has 0 saturated heterocycles. The Hall–Kier alpha value is -1.06. The van der Waals surface area contributed by atoms with Gasteiger partial charge in [0.2, 0.25) is 0 Å². The van der Waals surface area contributed by atoms with E-state index in [4.69, 9.17) is 4.74 Å². The minimum Gasteiger partial charge on any atom is -0.508 e. The van der Waals surface area contributed by atoms with Crippen molar-refractivity contribution in [3.8, 4) is 5.75 Å². The minimum atomic E-state index is 0.198. The van der Waals surface area contributed by atoms with Gasteiger partial charge in [-0.05, 0) is 48.9 Å². The average molecular weight is 275 g/mol. The molecule has 3 heteroatoms. The lowest BCUT2D eigenvalue weighted by molar-refractivity contribution is -0.101. The summed E-state index contributed by atoms with van der Waals surface area (Å²) in [6.07, 6.45) is 4.91. The summed E-state index contributed by atoms with van der Waals surface area (Å²) in [4.78, 5) is 0. The quantitative estimate of drug-likeness (QED) is 0.890. The summed E-state index contributed by atoms with van der Waals surface area (Å²) in [6.45, 7) is 4.56. The van der Waals surface area contributed by atoms with E-state index in [-0.39, 0.29) is 5.41 Å². The lowest BCUT2D eigenvalue weighted by Gasteiger charge is -2.53. The van der Waals surface area contributed by atoms with Crippen molar-refractivity contribution in [1.29, 1.82) is 0 Å². The van der Waals surface area contributed by atoms with Crippen LogP contribution < -0.4 is 5.32 Å². The van der Waals surface area contributed by atoms with Crippen molar-refractivity contribution in [2.24, 2.45) is 5.41 Å². The van der Waals surface area contributed by atoms with Crippen LogP contribution in [0.2, 0.25) is 0 Å². The maximum Gasteiger partial charge on any atom is 0.115 e. The Kier molecular flexibility index (Phi) is 3.51. The van der Waals surface area contributed by atoms with Gasteiger partial charge in [0.1, 0.15) is 5.75 Å². The number of phenolic OH excluding ortho intramolecular Hbond substituents is 1. The molecule has 1 aromatic rings. The molecule has 2 N–H and O–H groups in total. The fraction of sp³-hybridized carbons (Fsp3) is 0.647. The summed E-state index contributed by atoms with van der Waals surface area (Å²) in [7, 11) is 1.81. The van der Waals surface area contributed by atoms with Crippen LogP contribution >= 0.6 is 0 Å². The van der Waals surface area contributed by atoms with E-state index in [2.05, 4.69) is 25.2 Å². The molecular weight excluding hydrogens is 250 g/mol. The second-order valence-corrected chi connectivity index (χ2v) is 6.83. The van der Waals surface area contributed by atoms with E-state index in [1.165, 1.54) is 24.0 Å². The molecule has 3 nitrogen and oxygen atoms in total. The van der Waals surface area contributed by atoms with Crippen LogP contribution in [0.4, 0.5) is 0 Å². The third-order valence-electron chi connectivity index (χ3n) is 5.31. The molecule has 3 atom stereocenters. The van der Waals surface area contributed by atoms with E-state index in [1.54, 1.807) is 7.11 Å². The van der Waals surface area contributed by atoms with Gasteiger partial charge in [0.15, 0.2) is 0 Å². The highest BCUT2D eigenvalue weighted by atomic mass is 16.5. The molecule has 3 rings (SSSR count). The summed E-state index contributed by atoms with van der Waals surface area (Å²) in [5.74, 6) is 0.382. The van der Waals surface area contributed by atoms with Crippen LogP contribution in [0.1, 0.15) is 50.3 Å². The summed E-state index contributed by atoms with van der Waals surface area (Å²) < 4.78 is 5.53. The molecule has 2 aliphatic carbocycles. The maximum atomic E-state index is 9.63. The number of phenols is 1. The highest BCUT2D eigenvalue weighted by Crippen LogP contribution is 2.44. The van der Waals surface area contributed by atoms with Crippen LogP contribution in [-0.2, 0) is 11.2 Å². The third kappa shape index (κ3) is 2.23. The number of rotatable bonds is 3. The zero-order valence-corrected chi connectivity index (χ0v) is 12.6. The second-order valence-electron chi connectivity index (χ2n) is 6.83. The number of benzene rings is 1. The zero-order chi connectivity index (χ0) is 14.3. The predicted molar refractivity (Wildman–Crippen MR) is 79.9 cm³/mol. The van der Waals surface area contributed by atoms with Crippen LogP contribution in [-0.4, -0.2) is 24.4 Å². The highest BCUT2D eigenvalue weighted by molar-refractivity contribution is 5.38. The molecular formula is C17H25NO2. The van der Waals surface area contributed by atoms with Crippen molar-refractivity contribution < 1.29 is 9.84 Å². The van der Waals surface area contributed by atoms with Gasteiger partial charge in [-0.25, -0.2) is 0 Å². The van der Waals surface area contributed by atoms with Gasteiger partial charge in [-0.2, -0.15) is 0 Å². The van der Waals surface area contributed by atoms with E-state index < -0.39 is 0 Å². The Bertz CT molecular complexity index is 498. The maximum absolute atomic E-state index is 9.63. The van der Waals surface area contributed by atoms with Crippen LogP contribution in [0.15, 0.2) is 18.2 Å². The van der Waals surface area contributed by atoms with Gasteiger partial charge in [-0.3, -0.25) is 0 Å². The number of aryl methyl sites for hydroxylation is 1. The molecule has 3 unspecified atom stereocenters. The first-order chi connectivity index (χ1) is 9.52. The van der Waals surface area contributed by atoms with E-state index in [0.717, 1.165) is 12.8 Å². The smallest absolute Gasteiger partial charge is 0.115 e. The highest BCUT2D eigenvalue weighted by Gasteiger charge is 2.49. The molecule has 20 heavy (non-hydrogen) atoms. The van der Waals surface area contributed by atoms with Gasteiger partial charge in [-0.15, -0.1) is 0 Å². The summed E-state index contributed by atoms with van der Waals surface area (Å²) >= 11 is 0. The number of aromatic hydroxyl groups is 1. The first-order valence-electron chi connectivity index (χ1n) is 7.63. The number of ether oxygens (including phenoxy) is 1. The van der Waals surface area contributed by atoms with E-state index in [9.17, 15) is 5.11 Å². The molecule has 110 valence electrons. The number of hydrogen-bond donors (Lipinski definition) is 2. The number of nitrogens with one attached hydrogen (secondary N) is 1. The number of methoxy groups -OCH3 is 1. The molecule has 0 aliphatic heterocycles. The lowest BCUT2D eigenvalue weighted by atomic mass is 9.64. The van der Waals surface area contributed by atoms with E-state index >= 15 is 0 Å². The van der Waals surface area contributed by atoms with E-state index in [0.29, 0.717) is 23.9 Å². The third-order valence-corrected chi connectivity index (χ3v) is 5.31. The van der Waals surface area contributed by atoms with Crippen molar-refractivity contribution >= 4 is 0 Å². The summed E-state index contributed by atoms with van der Waals surface area (Å²) in [5.41, 5.74) is 2.86. The molecule has 0 amide bonds. The summed E-state index contributed by atoms with van der Waals surface area (Å²) in [5, 5.41) is 13.5. The monoisotopic (exact) mass is 275 g/mol. The zero-order valence-electron chi connectivity index (χ0n) is 12.6. The molecule has 0 bridgehead atoms. The molecule has 0 radical (unpaired) electrons. The predicted octanol–water partition coefficient (Wildman–Crippen LogP) is 3.17. The SMILES string of the molecule is COC1CC(NC2CCCc3cc(O)ccc32)C1(C)C. The number of fused-ring (bicyclic) bond motifs is 1. The van der Waals surface area contributed by atoms with Crippen LogP contribution in [0.25, 0.3) is 0 Å². The molecule has 0 aromatic heterocycles. The second kappa shape index (κ2) is 5.05. The van der Waals surface area contributed by atoms with Gasteiger partial charge >= 0.3 is 0 Å². The molecule has 1 aromatic carbocycles. The molecule has 0 heterocycles. The van der Waals surface area contributed by atoms with Gasteiger partial charge < -0.3 is 15.2 Å². The van der Waals surface area contributed by atoms with Crippen molar-refractivity contribution in [1.82, 2.24) is 5.32 Å². The Balaban J connectivity index is 1.75. The van der Waals surface area contributed by atoms with Crippen molar-refractivity contribution in [2.45, 2.75) is 57.7 Å². The van der Waals surface area contributed by atoms with Crippen LogP contribution in [0.5, 0.6) is 5.75 Å². The van der Waals surface area contributed by atoms with Crippen molar-refractivity contribution in [2.75, 3.05) is 7.11 Å². The van der Waals surface area contributed by atoms with Gasteiger partial charge in [-0.1, -0.05) is 19.9 Å². The topological polar surface area (TPSA) is 41.5 Å². The summed E-state index contributed by atoms with van der Waals surface area (Å²) in [6, 6.07) is 6.75. The molecule has 0 spiro atoms. The Labute approximate surface area is 121 Å². The van der Waals surface area contributed by atoms with Gasteiger partial charge in [0.05, 0.1) is 6.10 Å². The fourth-order valence-corrected chi connectivity index (χ4v) is 3.78.